The maximum Gasteiger partial charge on any atom is 0.255 e. The number of furan rings is 1. The van der Waals surface area contributed by atoms with Crippen molar-refractivity contribution in [1.82, 2.24) is 15.3 Å². The number of H-pyrrole nitrogens is 1. The van der Waals surface area contributed by atoms with Gasteiger partial charge in [0.25, 0.3) is 5.91 Å². The largest absolute Gasteiger partial charge is 0.455 e. The Morgan fingerprint density at radius 3 is 2.55 bits per heavy atom. The van der Waals surface area contributed by atoms with Gasteiger partial charge in [-0.1, -0.05) is 24.1 Å². The second kappa shape index (κ2) is 11.7. The van der Waals surface area contributed by atoms with E-state index in [1.807, 2.05) is 17.6 Å². The van der Waals surface area contributed by atoms with Crippen LogP contribution in [-0.2, 0) is 0 Å². The molecule has 1 atom stereocenters. The lowest BCUT2D eigenvalue weighted by Crippen LogP contribution is -2.18. The number of rotatable bonds is 8. The van der Waals surface area contributed by atoms with Gasteiger partial charge in [-0.2, -0.15) is 0 Å². The number of carbonyl (C=O) groups is 1. The van der Waals surface area contributed by atoms with Gasteiger partial charge in [0, 0.05) is 59.4 Å². The molecule has 0 aliphatic carbocycles. The molecule has 3 aromatic carbocycles. The first-order chi connectivity index (χ1) is 21.2. The van der Waals surface area contributed by atoms with E-state index < -0.39 is 30.3 Å². The molecule has 6 rings (SSSR count). The standard InChI is InChI=1S/C33H27F3N4O3S/c1-37-33(42)30-22-13-21(28(40(2)44-3)15-29(22)43-32(30)17-7-9-18(34)10-8-17)26-12-11-19(24(36)16-41)31(39-26)27-14-20-23(35)5-4-6-25(20)38-27/h4-15,24,38,41H,16H2,1-3H3,(H,37,42). The highest BCUT2D eigenvalue weighted by Gasteiger charge is 2.26. The average Bonchev–Trinajstić information content (AvgIpc) is 3.66. The topological polar surface area (TPSA) is 94.4 Å². The van der Waals surface area contributed by atoms with Crippen LogP contribution < -0.4 is 9.62 Å². The number of pyridine rings is 1. The summed E-state index contributed by atoms with van der Waals surface area (Å²) in [5.74, 6) is -0.971. The molecule has 3 N–H and O–H groups in total. The molecule has 0 bridgehead atoms. The van der Waals surface area contributed by atoms with Crippen molar-refractivity contribution in [2.45, 2.75) is 6.17 Å². The van der Waals surface area contributed by atoms with Gasteiger partial charge in [0.05, 0.1) is 34.9 Å². The number of benzene rings is 3. The molecule has 0 spiro atoms. The first-order valence-electron chi connectivity index (χ1n) is 13.6. The number of nitrogens with one attached hydrogen (secondary N) is 2. The molecule has 0 fully saturated rings. The van der Waals surface area contributed by atoms with Crippen LogP contribution in [-0.4, -0.2) is 47.9 Å². The monoisotopic (exact) mass is 616 g/mol. The van der Waals surface area contributed by atoms with E-state index in [-0.39, 0.29) is 22.6 Å². The van der Waals surface area contributed by atoms with Crippen molar-refractivity contribution in [3.8, 4) is 34.0 Å². The molecule has 224 valence electrons. The Morgan fingerprint density at radius 1 is 1.09 bits per heavy atom. The van der Waals surface area contributed by atoms with Crippen molar-refractivity contribution >= 4 is 45.4 Å². The van der Waals surface area contributed by atoms with Gasteiger partial charge in [0.1, 0.15) is 23.0 Å². The Kier molecular flexibility index (Phi) is 7.83. The quantitative estimate of drug-likeness (QED) is 0.152. The van der Waals surface area contributed by atoms with E-state index in [2.05, 4.69) is 10.3 Å². The molecule has 6 aromatic rings. The molecule has 0 aliphatic heterocycles. The van der Waals surface area contributed by atoms with E-state index in [1.165, 1.54) is 37.2 Å². The first-order valence-corrected chi connectivity index (χ1v) is 14.8. The predicted molar refractivity (Wildman–Crippen MR) is 168 cm³/mol. The third-order valence-corrected chi connectivity index (χ3v) is 8.29. The van der Waals surface area contributed by atoms with Gasteiger partial charge in [-0.15, -0.1) is 0 Å². The summed E-state index contributed by atoms with van der Waals surface area (Å²) in [4.78, 5) is 21.2. The fourth-order valence-corrected chi connectivity index (χ4v) is 5.63. The summed E-state index contributed by atoms with van der Waals surface area (Å²) in [5.41, 5.74) is 4.21. The Balaban J connectivity index is 1.62. The Morgan fingerprint density at radius 2 is 1.86 bits per heavy atom. The molecule has 11 heteroatoms. The number of aromatic amines is 1. The molecule has 44 heavy (non-hydrogen) atoms. The van der Waals surface area contributed by atoms with Crippen LogP contribution in [0.2, 0.25) is 0 Å². The number of carbonyl (C=O) groups excluding carboxylic acids is 1. The summed E-state index contributed by atoms with van der Waals surface area (Å²) >= 11 is 1.43. The zero-order chi connectivity index (χ0) is 31.1. The highest BCUT2D eigenvalue weighted by molar-refractivity contribution is 7.99. The summed E-state index contributed by atoms with van der Waals surface area (Å²) in [7, 11) is 3.37. The van der Waals surface area contributed by atoms with Gasteiger partial charge in [-0.3, -0.25) is 4.79 Å². The summed E-state index contributed by atoms with van der Waals surface area (Å²) < 4.78 is 51.4. The van der Waals surface area contributed by atoms with Crippen LogP contribution in [0, 0.1) is 11.6 Å². The number of hydrogen-bond donors (Lipinski definition) is 3. The van der Waals surface area contributed by atoms with E-state index in [0.717, 1.165) is 0 Å². The molecular formula is C33H27F3N4O3S. The minimum Gasteiger partial charge on any atom is -0.455 e. The van der Waals surface area contributed by atoms with Crippen molar-refractivity contribution in [3.63, 3.8) is 0 Å². The average molecular weight is 617 g/mol. The van der Waals surface area contributed by atoms with Crippen LogP contribution in [0.25, 0.3) is 55.8 Å². The minimum absolute atomic E-state index is 0.136. The van der Waals surface area contributed by atoms with Gasteiger partial charge in [0.2, 0.25) is 0 Å². The van der Waals surface area contributed by atoms with Gasteiger partial charge >= 0.3 is 0 Å². The van der Waals surface area contributed by atoms with Gasteiger partial charge in [-0.05, 0) is 54.6 Å². The Hall–Kier alpha value is -4.74. The minimum atomic E-state index is -1.73. The van der Waals surface area contributed by atoms with Crippen LogP contribution in [0.5, 0.6) is 0 Å². The fraction of sp³-hybridized carbons (Fsp3) is 0.152. The smallest absolute Gasteiger partial charge is 0.255 e. The number of fused-ring (bicyclic) bond motifs is 2. The van der Waals surface area contributed by atoms with Crippen molar-refractivity contribution < 1.29 is 27.5 Å². The van der Waals surface area contributed by atoms with Crippen molar-refractivity contribution in [2.24, 2.45) is 0 Å². The molecule has 7 nitrogen and oxygen atoms in total. The molecule has 1 amide bonds. The molecular weight excluding hydrogens is 589 g/mol. The summed E-state index contributed by atoms with van der Waals surface area (Å²) in [5, 5.41) is 13.1. The zero-order valence-electron chi connectivity index (χ0n) is 23.9. The summed E-state index contributed by atoms with van der Waals surface area (Å²) in [6.07, 6.45) is 0.164. The zero-order valence-corrected chi connectivity index (χ0v) is 24.7. The fourth-order valence-electron chi connectivity index (χ4n) is 5.28. The van der Waals surface area contributed by atoms with E-state index in [1.54, 1.807) is 54.6 Å². The number of alkyl halides is 1. The molecule has 0 aliphatic rings. The third-order valence-electron chi connectivity index (χ3n) is 7.55. The molecule has 3 aromatic heterocycles. The lowest BCUT2D eigenvalue weighted by Gasteiger charge is -2.20. The highest BCUT2D eigenvalue weighted by Crippen LogP contribution is 2.42. The van der Waals surface area contributed by atoms with Crippen LogP contribution in [0.15, 0.2) is 77.2 Å². The third kappa shape index (κ3) is 5.07. The van der Waals surface area contributed by atoms with Crippen molar-refractivity contribution in [3.05, 3.63) is 95.6 Å². The maximum atomic E-state index is 15.0. The number of amides is 1. The molecule has 3 heterocycles. The summed E-state index contributed by atoms with van der Waals surface area (Å²) in [6.45, 7) is -0.758. The lowest BCUT2D eigenvalue weighted by molar-refractivity contribution is 0.0964. The SMILES string of the molecule is CNC(=O)c1c(-c2ccc(F)cc2)oc2cc(N(C)SC)c(-c3ccc(C(F)CO)c(-c4cc5c(F)cccc5[nH]4)n3)cc12. The van der Waals surface area contributed by atoms with E-state index >= 15 is 4.39 Å². The van der Waals surface area contributed by atoms with Crippen LogP contribution in [0.3, 0.4) is 0 Å². The number of halogens is 3. The molecule has 1 unspecified atom stereocenters. The first kappa shape index (κ1) is 29.3. The van der Waals surface area contributed by atoms with Crippen LogP contribution in [0.1, 0.15) is 22.1 Å². The van der Waals surface area contributed by atoms with Gasteiger partial charge in [-0.25, -0.2) is 18.2 Å². The van der Waals surface area contributed by atoms with Crippen LogP contribution >= 0.6 is 11.9 Å². The number of anilines is 1. The molecule has 0 saturated carbocycles. The highest BCUT2D eigenvalue weighted by atomic mass is 32.2. The summed E-state index contributed by atoms with van der Waals surface area (Å²) in [6, 6.07) is 18.6. The number of aromatic nitrogens is 2. The van der Waals surface area contributed by atoms with E-state index in [9.17, 15) is 18.7 Å². The lowest BCUT2D eigenvalue weighted by atomic mass is 9.99. The Labute approximate surface area is 254 Å². The number of aliphatic hydroxyl groups excluding tert-OH is 1. The number of hydrogen-bond acceptors (Lipinski definition) is 6. The second-order valence-corrected chi connectivity index (χ2v) is 11.0. The van der Waals surface area contributed by atoms with Gasteiger partial charge in [0.15, 0.2) is 6.17 Å². The van der Waals surface area contributed by atoms with E-state index in [4.69, 9.17) is 9.40 Å². The van der Waals surface area contributed by atoms with Crippen LogP contribution in [0.4, 0.5) is 18.9 Å². The normalized spacial score (nSPS) is 12.2. The number of aliphatic hydroxyl groups is 1. The van der Waals surface area contributed by atoms with E-state index in [0.29, 0.717) is 50.1 Å². The maximum absolute atomic E-state index is 15.0. The van der Waals surface area contributed by atoms with Crippen molar-refractivity contribution in [1.29, 1.82) is 0 Å². The van der Waals surface area contributed by atoms with Gasteiger partial charge < -0.3 is 24.1 Å². The second-order valence-electron chi connectivity index (χ2n) is 10.1. The molecule has 0 saturated heterocycles. The molecule has 0 radical (unpaired) electrons. The number of nitrogens with zero attached hydrogens (tertiary/aromatic N) is 2. The Bertz CT molecular complexity index is 2020. The predicted octanol–water partition coefficient (Wildman–Crippen LogP) is 7.67. The van der Waals surface area contributed by atoms with Crippen molar-refractivity contribution in [2.75, 3.05) is 31.3 Å².